The molecule has 84 valence electrons. The molecule has 6 nitrogen and oxygen atoms in total. The van der Waals surface area contributed by atoms with Crippen molar-refractivity contribution in [1.29, 1.82) is 0 Å². The first-order valence-corrected chi connectivity index (χ1v) is 5.06. The van der Waals surface area contributed by atoms with Crippen molar-refractivity contribution in [3.63, 3.8) is 0 Å². The maximum absolute atomic E-state index is 11.9. The third-order valence-corrected chi connectivity index (χ3v) is 2.18. The maximum Gasteiger partial charge on any atom is 0.275 e. The van der Waals surface area contributed by atoms with Crippen LogP contribution in [0.3, 0.4) is 0 Å². The van der Waals surface area contributed by atoms with Crippen molar-refractivity contribution in [2.24, 2.45) is 0 Å². The highest BCUT2D eigenvalue weighted by atomic mass is 16.2. The van der Waals surface area contributed by atoms with Gasteiger partial charge < -0.3 is 5.32 Å². The van der Waals surface area contributed by atoms with Gasteiger partial charge in [0.05, 0.1) is 11.9 Å². The van der Waals surface area contributed by atoms with Crippen molar-refractivity contribution in [3.05, 3.63) is 29.7 Å². The zero-order valence-electron chi connectivity index (χ0n) is 9.19. The number of anilines is 1. The summed E-state index contributed by atoms with van der Waals surface area (Å²) in [6, 6.07) is 3.45. The number of hydrogen-bond acceptors (Lipinski definition) is 3. The lowest BCUT2D eigenvalue weighted by Crippen LogP contribution is -2.17. The molecule has 0 radical (unpaired) electrons. The first-order valence-electron chi connectivity index (χ1n) is 5.06. The topological polar surface area (TPSA) is 75.6 Å². The number of carbonyl (C=O) groups is 1. The molecule has 2 heterocycles. The van der Waals surface area contributed by atoms with E-state index in [9.17, 15) is 4.79 Å². The standard InChI is InChI=1S/C10H13N5O/c1-3-15-8(6-7(2)14-15)10(16)12-9-4-5-11-13-9/h4-6H,3H2,1-2H3,(H2,11,12,13,16). The molecule has 0 aliphatic heterocycles. The molecule has 6 heteroatoms. The number of carbonyl (C=O) groups excluding carboxylic acids is 1. The Hall–Kier alpha value is -2.11. The zero-order chi connectivity index (χ0) is 11.5. The van der Waals surface area contributed by atoms with E-state index in [2.05, 4.69) is 20.6 Å². The summed E-state index contributed by atoms with van der Waals surface area (Å²) in [4.78, 5) is 11.9. The number of nitrogens with zero attached hydrogens (tertiary/aromatic N) is 3. The number of nitrogens with one attached hydrogen (secondary N) is 2. The molecule has 0 atom stereocenters. The molecule has 0 aromatic carbocycles. The van der Waals surface area contributed by atoms with Gasteiger partial charge in [0, 0.05) is 12.6 Å². The van der Waals surface area contributed by atoms with Crippen molar-refractivity contribution in [2.45, 2.75) is 20.4 Å². The van der Waals surface area contributed by atoms with E-state index in [1.54, 1.807) is 23.0 Å². The molecule has 0 fully saturated rings. The van der Waals surface area contributed by atoms with E-state index < -0.39 is 0 Å². The minimum absolute atomic E-state index is 0.188. The lowest BCUT2D eigenvalue weighted by Gasteiger charge is -2.04. The van der Waals surface area contributed by atoms with Gasteiger partial charge in [0.2, 0.25) is 0 Å². The van der Waals surface area contributed by atoms with Crippen LogP contribution in [-0.2, 0) is 6.54 Å². The summed E-state index contributed by atoms with van der Waals surface area (Å²) in [7, 11) is 0. The van der Waals surface area contributed by atoms with E-state index in [0.29, 0.717) is 18.1 Å². The molecule has 0 unspecified atom stereocenters. The predicted octanol–water partition coefficient (Wildman–Crippen LogP) is 1.19. The molecule has 2 aromatic heterocycles. The Morgan fingerprint density at radius 1 is 1.62 bits per heavy atom. The Bertz CT molecular complexity index is 485. The van der Waals surface area contributed by atoms with Gasteiger partial charge in [0.1, 0.15) is 11.5 Å². The monoisotopic (exact) mass is 219 g/mol. The van der Waals surface area contributed by atoms with Gasteiger partial charge in [-0.05, 0) is 19.9 Å². The predicted molar refractivity (Wildman–Crippen MR) is 59.2 cm³/mol. The van der Waals surface area contributed by atoms with Gasteiger partial charge in [-0.25, -0.2) is 0 Å². The summed E-state index contributed by atoms with van der Waals surface area (Å²) in [5, 5.41) is 13.3. The molecule has 0 aliphatic rings. The van der Waals surface area contributed by atoms with Crippen molar-refractivity contribution in [2.75, 3.05) is 5.32 Å². The molecular formula is C10H13N5O. The van der Waals surface area contributed by atoms with Crippen LogP contribution in [0.1, 0.15) is 23.1 Å². The van der Waals surface area contributed by atoms with Crippen molar-refractivity contribution >= 4 is 11.7 Å². The Balaban J connectivity index is 2.20. The number of amides is 1. The molecule has 0 bridgehead atoms. The lowest BCUT2D eigenvalue weighted by molar-refractivity contribution is 0.101. The van der Waals surface area contributed by atoms with Crippen molar-refractivity contribution < 1.29 is 4.79 Å². The fourth-order valence-electron chi connectivity index (χ4n) is 1.48. The fourth-order valence-corrected chi connectivity index (χ4v) is 1.48. The average Bonchev–Trinajstić information content (AvgIpc) is 2.86. The van der Waals surface area contributed by atoms with Crippen LogP contribution < -0.4 is 5.32 Å². The summed E-state index contributed by atoms with van der Waals surface area (Å²) < 4.78 is 1.67. The summed E-state index contributed by atoms with van der Waals surface area (Å²) >= 11 is 0. The van der Waals surface area contributed by atoms with Crippen LogP contribution in [0.4, 0.5) is 5.82 Å². The molecular weight excluding hydrogens is 206 g/mol. The Labute approximate surface area is 92.7 Å². The van der Waals surface area contributed by atoms with Gasteiger partial charge in [-0.15, -0.1) is 0 Å². The van der Waals surface area contributed by atoms with Gasteiger partial charge in [-0.1, -0.05) is 0 Å². The molecule has 0 spiro atoms. The third kappa shape index (κ3) is 1.95. The van der Waals surface area contributed by atoms with Crippen LogP contribution in [0.25, 0.3) is 0 Å². The second kappa shape index (κ2) is 4.18. The molecule has 1 amide bonds. The van der Waals surface area contributed by atoms with E-state index >= 15 is 0 Å². The van der Waals surface area contributed by atoms with E-state index in [1.165, 1.54) is 0 Å². The highest BCUT2D eigenvalue weighted by molar-refractivity contribution is 6.02. The SMILES string of the molecule is CCn1nc(C)cc1C(=O)Nc1ccn[nH]1. The molecule has 0 saturated heterocycles. The van der Waals surface area contributed by atoms with Crippen LogP contribution >= 0.6 is 0 Å². The van der Waals surface area contributed by atoms with Gasteiger partial charge in [0.15, 0.2) is 0 Å². The van der Waals surface area contributed by atoms with E-state index in [-0.39, 0.29) is 5.91 Å². The van der Waals surface area contributed by atoms with E-state index in [1.807, 2.05) is 13.8 Å². The third-order valence-electron chi connectivity index (χ3n) is 2.18. The number of rotatable bonds is 3. The number of hydrogen-bond donors (Lipinski definition) is 2. The Kier molecular flexibility index (Phi) is 2.72. The van der Waals surface area contributed by atoms with Crippen LogP contribution in [0.15, 0.2) is 18.3 Å². The second-order valence-electron chi connectivity index (χ2n) is 3.41. The fraction of sp³-hybridized carbons (Fsp3) is 0.300. The molecule has 0 saturated carbocycles. The lowest BCUT2D eigenvalue weighted by atomic mass is 10.3. The Morgan fingerprint density at radius 3 is 3.06 bits per heavy atom. The summed E-state index contributed by atoms with van der Waals surface area (Å²) in [5.74, 6) is 0.387. The minimum atomic E-state index is -0.188. The molecule has 2 rings (SSSR count). The zero-order valence-corrected chi connectivity index (χ0v) is 9.19. The first-order chi connectivity index (χ1) is 7.70. The average molecular weight is 219 g/mol. The first kappa shape index (κ1) is 10.4. The van der Waals surface area contributed by atoms with Crippen LogP contribution in [0.2, 0.25) is 0 Å². The Morgan fingerprint density at radius 2 is 2.44 bits per heavy atom. The van der Waals surface area contributed by atoms with Crippen LogP contribution in [0.5, 0.6) is 0 Å². The van der Waals surface area contributed by atoms with Gasteiger partial charge in [0.25, 0.3) is 5.91 Å². The molecule has 0 aliphatic carbocycles. The number of H-pyrrole nitrogens is 1. The van der Waals surface area contributed by atoms with Crippen molar-refractivity contribution in [1.82, 2.24) is 20.0 Å². The summed E-state index contributed by atoms with van der Waals surface area (Å²) in [5.41, 5.74) is 1.38. The van der Waals surface area contributed by atoms with E-state index in [0.717, 1.165) is 5.69 Å². The van der Waals surface area contributed by atoms with Gasteiger partial charge in [-0.2, -0.15) is 10.2 Å². The highest BCUT2D eigenvalue weighted by Crippen LogP contribution is 2.07. The van der Waals surface area contributed by atoms with Crippen LogP contribution in [-0.4, -0.2) is 25.9 Å². The second-order valence-corrected chi connectivity index (χ2v) is 3.41. The quantitative estimate of drug-likeness (QED) is 0.814. The normalized spacial score (nSPS) is 10.4. The maximum atomic E-state index is 11.9. The highest BCUT2D eigenvalue weighted by Gasteiger charge is 2.13. The minimum Gasteiger partial charge on any atom is -0.306 e. The van der Waals surface area contributed by atoms with Crippen molar-refractivity contribution in [3.8, 4) is 0 Å². The summed E-state index contributed by atoms with van der Waals surface area (Å²) in [6.45, 7) is 4.47. The van der Waals surface area contributed by atoms with Gasteiger partial charge in [-0.3, -0.25) is 14.6 Å². The smallest absolute Gasteiger partial charge is 0.275 e. The van der Waals surface area contributed by atoms with Gasteiger partial charge >= 0.3 is 0 Å². The van der Waals surface area contributed by atoms with E-state index in [4.69, 9.17) is 0 Å². The van der Waals surface area contributed by atoms with Crippen LogP contribution in [0, 0.1) is 6.92 Å². The largest absolute Gasteiger partial charge is 0.306 e. The summed E-state index contributed by atoms with van der Waals surface area (Å²) in [6.07, 6.45) is 1.58. The number of aromatic nitrogens is 4. The number of aryl methyl sites for hydroxylation is 2. The molecule has 2 aromatic rings. The molecule has 2 N–H and O–H groups in total. The molecule has 16 heavy (non-hydrogen) atoms. The number of aromatic amines is 1.